The summed E-state index contributed by atoms with van der Waals surface area (Å²) in [5.41, 5.74) is 2.21. The van der Waals surface area contributed by atoms with Gasteiger partial charge in [0.1, 0.15) is 5.82 Å². The van der Waals surface area contributed by atoms with E-state index in [0.29, 0.717) is 17.0 Å². The smallest absolute Gasteiger partial charge is 0.337 e. The number of ether oxygens (including phenoxy) is 1. The number of aryl methyl sites for hydroxylation is 1. The van der Waals surface area contributed by atoms with Crippen LogP contribution in [0.1, 0.15) is 47.9 Å². The Kier molecular flexibility index (Phi) is 5.51. The van der Waals surface area contributed by atoms with Gasteiger partial charge in [0.05, 0.1) is 19.2 Å². The standard InChI is InChI=1S/C22H30N4O2/c1-3-25-12-11-24-20(25)16-26(19-14-22(19)7-9-23-10-8-22)15-17-5-4-6-18(13-17)21(27)28-2/h4-6,11-13,19,23H,3,7-10,14-16H2,1-2H3. The monoisotopic (exact) mass is 382 g/mol. The van der Waals surface area contributed by atoms with Gasteiger partial charge in [-0.2, -0.15) is 0 Å². The third-order valence-corrected chi connectivity index (χ3v) is 6.41. The van der Waals surface area contributed by atoms with Crippen molar-refractivity contribution < 1.29 is 9.53 Å². The molecule has 2 aromatic rings. The summed E-state index contributed by atoms with van der Waals surface area (Å²) >= 11 is 0. The maximum atomic E-state index is 11.9. The number of esters is 1. The molecule has 0 amide bonds. The van der Waals surface area contributed by atoms with Gasteiger partial charge >= 0.3 is 5.97 Å². The predicted octanol–water partition coefficient (Wildman–Crippen LogP) is 2.83. The molecule has 2 aliphatic rings. The average Bonchev–Trinajstić information content (AvgIpc) is 3.21. The lowest BCUT2D eigenvalue weighted by molar-refractivity contribution is 0.0600. The van der Waals surface area contributed by atoms with E-state index in [9.17, 15) is 4.79 Å². The van der Waals surface area contributed by atoms with Gasteiger partial charge in [-0.15, -0.1) is 0 Å². The van der Waals surface area contributed by atoms with Crippen LogP contribution in [0.2, 0.25) is 0 Å². The first-order valence-electron chi connectivity index (χ1n) is 10.3. The average molecular weight is 383 g/mol. The van der Waals surface area contributed by atoms with Gasteiger partial charge in [-0.05, 0) is 62.4 Å². The highest BCUT2D eigenvalue weighted by Gasteiger charge is 2.56. The lowest BCUT2D eigenvalue weighted by atomic mass is 9.93. The summed E-state index contributed by atoms with van der Waals surface area (Å²) in [5.74, 6) is 0.832. The number of carbonyl (C=O) groups excluding carboxylic acids is 1. The van der Waals surface area contributed by atoms with Crippen LogP contribution in [0.15, 0.2) is 36.7 Å². The Morgan fingerprint density at radius 2 is 2.18 bits per heavy atom. The molecule has 1 aliphatic heterocycles. The van der Waals surface area contributed by atoms with E-state index >= 15 is 0 Å². The van der Waals surface area contributed by atoms with Crippen LogP contribution in [0.5, 0.6) is 0 Å². The summed E-state index contributed by atoms with van der Waals surface area (Å²) in [4.78, 5) is 19.1. The Hall–Kier alpha value is -2.18. The van der Waals surface area contributed by atoms with Gasteiger partial charge in [0, 0.05) is 31.5 Å². The Morgan fingerprint density at radius 3 is 2.93 bits per heavy atom. The number of methoxy groups -OCH3 is 1. The molecule has 1 N–H and O–H groups in total. The second-order valence-corrected chi connectivity index (χ2v) is 8.06. The van der Waals surface area contributed by atoms with Gasteiger partial charge in [0.2, 0.25) is 0 Å². The first-order valence-corrected chi connectivity index (χ1v) is 10.3. The number of piperidine rings is 1. The molecule has 4 rings (SSSR count). The van der Waals surface area contributed by atoms with E-state index < -0.39 is 0 Å². The van der Waals surface area contributed by atoms with Crippen molar-refractivity contribution in [2.24, 2.45) is 5.41 Å². The van der Waals surface area contributed by atoms with Gasteiger partial charge in [0.25, 0.3) is 0 Å². The number of rotatable bonds is 7. The molecule has 6 heteroatoms. The Bertz CT molecular complexity index is 825. The molecule has 28 heavy (non-hydrogen) atoms. The predicted molar refractivity (Wildman–Crippen MR) is 108 cm³/mol. The second kappa shape index (κ2) is 8.05. The van der Waals surface area contributed by atoms with Crippen molar-refractivity contribution in [3.05, 3.63) is 53.6 Å². The van der Waals surface area contributed by atoms with Crippen LogP contribution >= 0.6 is 0 Å². The quantitative estimate of drug-likeness (QED) is 0.746. The van der Waals surface area contributed by atoms with E-state index in [0.717, 1.165) is 44.1 Å². The lowest BCUT2D eigenvalue weighted by Gasteiger charge is -2.29. The second-order valence-electron chi connectivity index (χ2n) is 8.06. The Morgan fingerprint density at radius 1 is 1.36 bits per heavy atom. The first kappa shape index (κ1) is 19.2. The molecule has 1 atom stereocenters. The van der Waals surface area contributed by atoms with Crippen molar-refractivity contribution in [2.75, 3.05) is 20.2 Å². The largest absolute Gasteiger partial charge is 0.465 e. The van der Waals surface area contributed by atoms with E-state index in [1.165, 1.54) is 26.4 Å². The SMILES string of the molecule is CCn1ccnc1CN(Cc1cccc(C(=O)OC)c1)C1CC12CCNCC2. The van der Waals surface area contributed by atoms with Crippen LogP contribution in [0.3, 0.4) is 0 Å². The van der Waals surface area contributed by atoms with E-state index in [-0.39, 0.29) is 5.97 Å². The number of aromatic nitrogens is 2. The molecule has 2 fully saturated rings. The molecule has 6 nitrogen and oxygen atoms in total. The Labute approximate surface area is 166 Å². The minimum atomic E-state index is -0.281. The lowest BCUT2D eigenvalue weighted by Crippen LogP contribution is -2.36. The third-order valence-electron chi connectivity index (χ3n) is 6.41. The highest BCUT2D eigenvalue weighted by molar-refractivity contribution is 5.89. The molecule has 1 aromatic heterocycles. The molecule has 1 saturated carbocycles. The van der Waals surface area contributed by atoms with Crippen molar-refractivity contribution in [3.63, 3.8) is 0 Å². The molecule has 1 spiro atoms. The summed E-state index contributed by atoms with van der Waals surface area (Å²) in [6.45, 7) is 6.98. The van der Waals surface area contributed by atoms with Crippen LogP contribution in [0.4, 0.5) is 0 Å². The summed E-state index contributed by atoms with van der Waals surface area (Å²) in [6, 6.07) is 8.40. The van der Waals surface area contributed by atoms with Gasteiger partial charge in [-0.3, -0.25) is 4.90 Å². The minimum absolute atomic E-state index is 0.281. The molecular weight excluding hydrogens is 352 g/mol. The summed E-state index contributed by atoms with van der Waals surface area (Å²) in [6.07, 6.45) is 7.70. The highest BCUT2D eigenvalue weighted by Crippen LogP contribution is 2.56. The van der Waals surface area contributed by atoms with Crippen molar-refractivity contribution in [3.8, 4) is 0 Å². The van der Waals surface area contributed by atoms with Crippen LogP contribution in [0.25, 0.3) is 0 Å². The van der Waals surface area contributed by atoms with Crippen molar-refractivity contribution in [1.29, 1.82) is 0 Å². The summed E-state index contributed by atoms with van der Waals surface area (Å²) < 4.78 is 7.11. The molecule has 1 saturated heterocycles. The molecule has 150 valence electrons. The molecule has 0 radical (unpaired) electrons. The third kappa shape index (κ3) is 3.84. The van der Waals surface area contributed by atoms with Crippen molar-refractivity contribution in [2.45, 2.75) is 51.9 Å². The maximum Gasteiger partial charge on any atom is 0.337 e. The van der Waals surface area contributed by atoms with Gasteiger partial charge in [-0.1, -0.05) is 12.1 Å². The molecule has 0 bridgehead atoms. The van der Waals surface area contributed by atoms with Crippen LogP contribution in [0, 0.1) is 5.41 Å². The molecule has 1 aromatic carbocycles. The molecular formula is C22H30N4O2. The summed E-state index contributed by atoms with van der Waals surface area (Å²) in [5, 5.41) is 3.49. The molecule has 1 aliphatic carbocycles. The zero-order valence-corrected chi connectivity index (χ0v) is 16.9. The fourth-order valence-electron chi connectivity index (χ4n) is 4.69. The Balaban J connectivity index is 1.56. The number of nitrogens with one attached hydrogen (secondary N) is 1. The topological polar surface area (TPSA) is 59.4 Å². The maximum absolute atomic E-state index is 11.9. The molecule has 1 unspecified atom stereocenters. The van der Waals surface area contributed by atoms with Crippen LogP contribution in [-0.4, -0.2) is 46.7 Å². The van der Waals surface area contributed by atoms with Gasteiger partial charge in [0.15, 0.2) is 0 Å². The van der Waals surface area contributed by atoms with Crippen molar-refractivity contribution >= 4 is 5.97 Å². The molecule has 2 heterocycles. The zero-order chi connectivity index (χ0) is 19.6. The van der Waals surface area contributed by atoms with Crippen LogP contribution in [-0.2, 0) is 24.4 Å². The number of nitrogens with zero attached hydrogens (tertiary/aromatic N) is 3. The van der Waals surface area contributed by atoms with Crippen molar-refractivity contribution in [1.82, 2.24) is 19.8 Å². The fourth-order valence-corrected chi connectivity index (χ4v) is 4.69. The zero-order valence-electron chi connectivity index (χ0n) is 16.9. The fraction of sp³-hybridized carbons (Fsp3) is 0.545. The number of hydrogen-bond donors (Lipinski definition) is 1. The van der Waals surface area contributed by atoms with E-state index in [2.05, 4.69) is 39.0 Å². The minimum Gasteiger partial charge on any atom is -0.465 e. The highest BCUT2D eigenvalue weighted by atomic mass is 16.5. The van der Waals surface area contributed by atoms with Gasteiger partial charge in [-0.25, -0.2) is 9.78 Å². The summed E-state index contributed by atoms with van der Waals surface area (Å²) in [7, 11) is 1.43. The number of hydrogen-bond acceptors (Lipinski definition) is 5. The normalized spacial score (nSPS) is 20.5. The van der Waals surface area contributed by atoms with E-state index in [1.54, 1.807) is 0 Å². The van der Waals surface area contributed by atoms with E-state index in [1.807, 2.05) is 24.4 Å². The van der Waals surface area contributed by atoms with E-state index in [4.69, 9.17) is 4.74 Å². The van der Waals surface area contributed by atoms with Gasteiger partial charge < -0.3 is 14.6 Å². The number of imidazole rings is 1. The first-order chi connectivity index (χ1) is 13.6. The van der Waals surface area contributed by atoms with Crippen LogP contribution < -0.4 is 5.32 Å². The number of carbonyl (C=O) groups is 1. The number of benzene rings is 1.